The number of aromatic nitrogens is 1. The number of benzene rings is 1. The summed E-state index contributed by atoms with van der Waals surface area (Å²) < 4.78 is 5.19. The summed E-state index contributed by atoms with van der Waals surface area (Å²) in [5.74, 6) is 0.862. The average Bonchev–Trinajstić information content (AvgIpc) is 3.06. The second-order valence-corrected chi connectivity index (χ2v) is 5.87. The van der Waals surface area contributed by atoms with Crippen LogP contribution in [0, 0.1) is 0 Å². The maximum atomic E-state index is 11.8. The first-order valence-corrected chi connectivity index (χ1v) is 8.13. The number of hydrogen-bond acceptors (Lipinski definition) is 4. The molecule has 0 fully saturated rings. The van der Waals surface area contributed by atoms with Crippen LogP contribution in [-0.4, -0.2) is 24.7 Å². The maximum absolute atomic E-state index is 11.8. The number of aryl methyl sites for hydroxylation is 1. The SMILES string of the molecule is COc1cccc(CCCNC(=O)N[C@@H](C)c2nccs2)c1. The summed E-state index contributed by atoms with van der Waals surface area (Å²) in [5, 5.41) is 8.56. The van der Waals surface area contributed by atoms with E-state index < -0.39 is 0 Å². The van der Waals surface area contributed by atoms with Crippen LogP contribution in [0.2, 0.25) is 0 Å². The zero-order chi connectivity index (χ0) is 15.8. The predicted octanol–water partition coefficient (Wildman–Crippen LogP) is 3.14. The number of nitrogens with zero attached hydrogens (tertiary/aromatic N) is 1. The minimum absolute atomic E-state index is 0.0709. The molecular formula is C16H21N3O2S. The Kier molecular flexibility index (Phi) is 6.21. The Hall–Kier alpha value is -2.08. The Bertz CT molecular complexity index is 587. The highest BCUT2D eigenvalue weighted by atomic mass is 32.1. The zero-order valence-corrected chi connectivity index (χ0v) is 13.7. The van der Waals surface area contributed by atoms with E-state index in [0.29, 0.717) is 6.54 Å². The Morgan fingerprint density at radius 3 is 3.05 bits per heavy atom. The third-order valence-electron chi connectivity index (χ3n) is 3.23. The van der Waals surface area contributed by atoms with Crippen LogP contribution < -0.4 is 15.4 Å². The van der Waals surface area contributed by atoms with Crippen molar-refractivity contribution < 1.29 is 9.53 Å². The summed E-state index contributed by atoms with van der Waals surface area (Å²) in [4.78, 5) is 16.0. The largest absolute Gasteiger partial charge is 0.497 e. The lowest BCUT2D eigenvalue weighted by atomic mass is 10.1. The minimum atomic E-state index is -0.159. The molecule has 0 spiro atoms. The summed E-state index contributed by atoms with van der Waals surface area (Å²) in [6.07, 6.45) is 3.52. The van der Waals surface area contributed by atoms with Crippen LogP contribution in [0.15, 0.2) is 35.8 Å². The molecule has 1 aromatic heterocycles. The molecule has 0 unspecified atom stereocenters. The average molecular weight is 319 g/mol. The molecule has 0 saturated heterocycles. The van der Waals surface area contributed by atoms with Gasteiger partial charge in [-0.25, -0.2) is 9.78 Å². The van der Waals surface area contributed by atoms with Crippen LogP contribution in [0.3, 0.4) is 0 Å². The van der Waals surface area contributed by atoms with E-state index in [-0.39, 0.29) is 12.1 Å². The van der Waals surface area contributed by atoms with Crippen molar-refractivity contribution in [2.45, 2.75) is 25.8 Å². The first-order valence-electron chi connectivity index (χ1n) is 7.25. The van der Waals surface area contributed by atoms with Crippen LogP contribution in [0.4, 0.5) is 4.79 Å². The van der Waals surface area contributed by atoms with Gasteiger partial charge in [-0.1, -0.05) is 12.1 Å². The molecule has 1 atom stereocenters. The van der Waals surface area contributed by atoms with Gasteiger partial charge in [0.25, 0.3) is 0 Å². The lowest BCUT2D eigenvalue weighted by Crippen LogP contribution is -2.37. The molecule has 0 aliphatic heterocycles. The normalized spacial score (nSPS) is 11.7. The van der Waals surface area contributed by atoms with E-state index in [2.05, 4.69) is 21.7 Å². The van der Waals surface area contributed by atoms with Crippen LogP contribution in [0.1, 0.15) is 30.0 Å². The molecule has 0 saturated carbocycles. The molecule has 118 valence electrons. The van der Waals surface area contributed by atoms with Crippen molar-refractivity contribution in [1.29, 1.82) is 0 Å². The number of carbonyl (C=O) groups excluding carboxylic acids is 1. The van der Waals surface area contributed by atoms with Gasteiger partial charge in [-0.15, -0.1) is 11.3 Å². The monoisotopic (exact) mass is 319 g/mol. The van der Waals surface area contributed by atoms with E-state index in [1.165, 1.54) is 16.9 Å². The van der Waals surface area contributed by atoms with E-state index in [1.54, 1.807) is 13.3 Å². The molecule has 2 rings (SSSR count). The van der Waals surface area contributed by atoms with Crippen molar-refractivity contribution in [1.82, 2.24) is 15.6 Å². The lowest BCUT2D eigenvalue weighted by molar-refractivity contribution is 0.238. The molecule has 5 nitrogen and oxygen atoms in total. The molecule has 2 aromatic rings. The van der Waals surface area contributed by atoms with Crippen LogP contribution in [-0.2, 0) is 6.42 Å². The van der Waals surface area contributed by atoms with Gasteiger partial charge < -0.3 is 15.4 Å². The van der Waals surface area contributed by atoms with Crippen LogP contribution in [0.5, 0.6) is 5.75 Å². The molecule has 22 heavy (non-hydrogen) atoms. The number of ether oxygens (including phenoxy) is 1. The van der Waals surface area contributed by atoms with Gasteiger partial charge in [0.2, 0.25) is 0 Å². The number of urea groups is 1. The second-order valence-electron chi connectivity index (χ2n) is 4.95. The molecule has 1 aromatic carbocycles. The summed E-state index contributed by atoms with van der Waals surface area (Å²) in [7, 11) is 1.66. The Morgan fingerprint density at radius 2 is 2.32 bits per heavy atom. The maximum Gasteiger partial charge on any atom is 0.315 e. The molecule has 0 radical (unpaired) electrons. The number of carbonyl (C=O) groups is 1. The predicted molar refractivity (Wildman–Crippen MR) is 88.4 cm³/mol. The van der Waals surface area contributed by atoms with Crippen molar-refractivity contribution in [3.05, 3.63) is 46.4 Å². The van der Waals surface area contributed by atoms with Gasteiger partial charge in [-0.3, -0.25) is 0 Å². The summed E-state index contributed by atoms with van der Waals surface area (Å²) in [5.41, 5.74) is 1.21. The van der Waals surface area contributed by atoms with Gasteiger partial charge in [0.15, 0.2) is 0 Å². The zero-order valence-electron chi connectivity index (χ0n) is 12.8. The second kappa shape index (κ2) is 8.38. The van der Waals surface area contributed by atoms with E-state index in [1.807, 2.05) is 30.5 Å². The van der Waals surface area contributed by atoms with E-state index in [9.17, 15) is 4.79 Å². The first kappa shape index (κ1) is 16.3. The van der Waals surface area contributed by atoms with Crippen molar-refractivity contribution in [3.63, 3.8) is 0 Å². The molecule has 2 N–H and O–H groups in total. The van der Waals surface area contributed by atoms with Crippen molar-refractivity contribution in [3.8, 4) is 5.75 Å². The fourth-order valence-corrected chi connectivity index (χ4v) is 2.73. The van der Waals surface area contributed by atoms with Gasteiger partial charge >= 0.3 is 6.03 Å². The number of thiazole rings is 1. The van der Waals surface area contributed by atoms with Gasteiger partial charge in [-0.05, 0) is 37.5 Å². The van der Waals surface area contributed by atoms with Crippen LogP contribution >= 0.6 is 11.3 Å². The smallest absolute Gasteiger partial charge is 0.315 e. The van der Waals surface area contributed by atoms with Gasteiger partial charge in [-0.2, -0.15) is 0 Å². The van der Waals surface area contributed by atoms with E-state index in [4.69, 9.17) is 4.74 Å². The summed E-state index contributed by atoms with van der Waals surface area (Å²) in [6, 6.07) is 7.75. The lowest BCUT2D eigenvalue weighted by Gasteiger charge is -2.12. The summed E-state index contributed by atoms with van der Waals surface area (Å²) in [6.45, 7) is 2.56. The fraction of sp³-hybridized carbons (Fsp3) is 0.375. The van der Waals surface area contributed by atoms with Crippen molar-refractivity contribution in [2.75, 3.05) is 13.7 Å². The Balaban J connectivity index is 1.66. The Morgan fingerprint density at radius 1 is 1.45 bits per heavy atom. The first-order chi connectivity index (χ1) is 10.7. The van der Waals surface area contributed by atoms with Crippen molar-refractivity contribution in [2.24, 2.45) is 0 Å². The molecule has 6 heteroatoms. The standard InChI is InChI=1S/C16H21N3O2S/c1-12(15-17-9-10-22-15)19-16(20)18-8-4-6-13-5-3-7-14(11-13)21-2/h3,5,7,9-12H,4,6,8H2,1-2H3,(H2,18,19,20)/t12-/m0/s1. The molecule has 0 bridgehead atoms. The van der Waals surface area contributed by atoms with E-state index in [0.717, 1.165) is 23.6 Å². The Labute approximate surface area is 134 Å². The van der Waals surface area contributed by atoms with Crippen molar-refractivity contribution >= 4 is 17.4 Å². The molecule has 2 amide bonds. The highest BCUT2D eigenvalue weighted by molar-refractivity contribution is 7.09. The molecular weight excluding hydrogens is 298 g/mol. The highest BCUT2D eigenvalue weighted by Crippen LogP contribution is 2.15. The molecule has 0 aliphatic rings. The van der Waals surface area contributed by atoms with Crippen LogP contribution in [0.25, 0.3) is 0 Å². The topological polar surface area (TPSA) is 63.2 Å². The number of hydrogen-bond donors (Lipinski definition) is 2. The number of methoxy groups -OCH3 is 1. The quantitative estimate of drug-likeness (QED) is 0.771. The molecule has 0 aliphatic carbocycles. The third kappa shape index (κ3) is 5.04. The minimum Gasteiger partial charge on any atom is -0.497 e. The number of nitrogens with one attached hydrogen (secondary N) is 2. The van der Waals surface area contributed by atoms with Gasteiger partial charge in [0.1, 0.15) is 10.8 Å². The van der Waals surface area contributed by atoms with Gasteiger partial charge in [0.05, 0.1) is 13.2 Å². The number of rotatable bonds is 7. The fourth-order valence-electron chi connectivity index (χ4n) is 2.08. The highest BCUT2D eigenvalue weighted by Gasteiger charge is 2.10. The molecule has 1 heterocycles. The van der Waals surface area contributed by atoms with Gasteiger partial charge in [0, 0.05) is 18.1 Å². The third-order valence-corrected chi connectivity index (χ3v) is 4.19. The summed E-state index contributed by atoms with van der Waals surface area (Å²) >= 11 is 1.54. The van der Waals surface area contributed by atoms with E-state index >= 15 is 0 Å². The number of amides is 2.